The van der Waals surface area contributed by atoms with Gasteiger partial charge in [-0.2, -0.15) is 0 Å². The smallest absolute Gasteiger partial charge is 0.126 e. The number of benzene rings is 1. The molecule has 0 aliphatic carbocycles. The van der Waals surface area contributed by atoms with E-state index >= 15 is 0 Å². The molecule has 2 atom stereocenters. The third kappa shape index (κ3) is 3.91. The van der Waals surface area contributed by atoms with Crippen LogP contribution in [0.5, 0.6) is 0 Å². The highest BCUT2D eigenvalue weighted by Gasteiger charge is 2.22. The molecule has 1 aliphatic rings. The molecule has 1 aromatic heterocycles. The second kappa shape index (κ2) is 7.73. The second-order valence-corrected chi connectivity index (χ2v) is 6.39. The van der Waals surface area contributed by atoms with Gasteiger partial charge in [0.05, 0.1) is 17.5 Å². The number of halogens is 1. The molecule has 1 fully saturated rings. The molecular formula is C19H24FN3O. The summed E-state index contributed by atoms with van der Waals surface area (Å²) in [6, 6.07) is 9.98. The first-order valence-electron chi connectivity index (χ1n) is 8.51. The Bertz CT molecular complexity index is 673. The minimum Gasteiger partial charge on any atom is -0.391 e. The summed E-state index contributed by atoms with van der Waals surface area (Å²) in [7, 11) is 0. The number of aliphatic hydroxyl groups excluding tert-OH is 1. The Balaban J connectivity index is 1.68. The highest BCUT2D eigenvalue weighted by Crippen LogP contribution is 2.24. The predicted octanol–water partition coefficient (Wildman–Crippen LogP) is 2.29. The summed E-state index contributed by atoms with van der Waals surface area (Å²) in [4.78, 5) is 6.74. The van der Waals surface area contributed by atoms with Gasteiger partial charge in [-0.1, -0.05) is 18.2 Å². The average Bonchev–Trinajstić information content (AvgIpc) is 3.11. The Hall–Kier alpha value is -1.98. The minimum absolute atomic E-state index is 0.282. The van der Waals surface area contributed by atoms with E-state index in [0.717, 1.165) is 24.5 Å². The number of hydrogen-bond donors (Lipinski definition) is 2. The molecule has 24 heavy (non-hydrogen) atoms. The van der Waals surface area contributed by atoms with Crippen LogP contribution in [0.15, 0.2) is 42.6 Å². The first-order valence-corrected chi connectivity index (χ1v) is 8.51. The van der Waals surface area contributed by atoms with Crippen molar-refractivity contribution in [2.75, 3.05) is 18.0 Å². The van der Waals surface area contributed by atoms with Gasteiger partial charge in [-0.25, -0.2) is 4.39 Å². The van der Waals surface area contributed by atoms with Gasteiger partial charge in [0.25, 0.3) is 0 Å². The number of rotatable bonds is 6. The van der Waals surface area contributed by atoms with E-state index in [2.05, 4.69) is 9.88 Å². The minimum atomic E-state index is -0.763. The molecule has 3 N–H and O–H groups in total. The van der Waals surface area contributed by atoms with Gasteiger partial charge in [-0.15, -0.1) is 0 Å². The molecule has 1 aromatic carbocycles. The fourth-order valence-corrected chi connectivity index (χ4v) is 3.24. The quantitative estimate of drug-likeness (QED) is 0.854. The molecule has 0 saturated carbocycles. The summed E-state index contributed by atoms with van der Waals surface area (Å²) in [5.41, 5.74) is 8.58. The highest BCUT2D eigenvalue weighted by atomic mass is 19.1. The lowest BCUT2D eigenvalue weighted by molar-refractivity contribution is 0.143. The molecule has 1 saturated heterocycles. The molecule has 2 aromatic rings. The third-order valence-corrected chi connectivity index (χ3v) is 4.62. The van der Waals surface area contributed by atoms with Crippen molar-refractivity contribution < 1.29 is 9.50 Å². The van der Waals surface area contributed by atoms with Gasteiger partial charge in [0, 0.05) is 31.7 Å². The van der Waals surface area contributed by atoms with Crippen molar-refractivity contribution in [3.8, 4) is 0 Å². The average molecular weight is 329 g/mol. The topological polar surface area (TPSA) is 62.4 Å². The third-order valence-electron chi connectivity index (χ3n) is 4.62. The fraction of sp³-hybridized carbons (Fsp3) is 0.421. The van der Waals surface area contributed by atoms with E-state index in [1.165, 1.54) is 18.9 Å². The van der Waals surface area contributed by atoms with Crippen molar-refractivity contribution in [2.45, 2.75) is 37.8 Å². The normalized spacial score (nSPS) is 17.0. The van der Waals surface area contributed by atoms with Crippen LogP contribution < -0.4 is 10.6 Å². The fourth-order valence-electron chi connectivity index (χ4n) is 3.24. The summed E-state index contributed by atoms with van der Waals surface area (Å²) in [5.74, 6) is -0.282. The van der Waals surface area contributed by atoms with Gasteiger partial charge in [0.1, 0.15) is 5.82 Å². The van der Waals surface area contributed by atoms with Crippen LogP contribution in [0.2, 0.25) is 0 Å². The number of anilines is 1. The Labute approximate surface area is 142 Å². The maximum Gasteiger partial charge on any atom is 0.126 e. The van der Waals surface area contributed by atoms with E-state index in [4.69, 9.17) is 5.73 Å². The summed E-state index contributed by atoms with van der Waals surface area (Å²) in [6.07, 6.45) is 4.03. The molecule has 4 nitrogen and oxygen atoms in total. The second-order valence-electron chi connectivity index (χ2n) is 6.39. The maximum atomic E-state index is 13.8. The zero-order valence-electron chi connectivity index (χ0n) is 13.7. The molecular weight excluding hydrogens is 305 g/mol. The molecule has 0 radical (unpaired) electrons. The van der Waals surface area contributed by atoms with E-state index in [9.17, 15) is 9.50 Å². The van der Waals surface area contributed by atoms with Gasteiger partial charge < -0.3 is 15.7 Å². The largest absolute Gasteiger partial charge is 0.391 e. The summed E-state index contributed by atoms with van der Waals surface area (Å²) >= 11 is 0. The van der Waals surface area contributed by atoms with Crippen LogP contribution >= 0.6 is 0 Å². The van der Waals surface area contributed by atoms with Crippen LogP contribution in [0.25, 0.3) is 0 Å². The van der Waals surface area contributed by atoms with Gasteiger partial charge in [0.2, 0.25) is 0 Å². The lowest BCUT2D eigenvalue weighted by Gasteiger charge is -2.24. The predicted molar refractivity (Wildman–Crippen MR) is 93.5 cm³/mol. The van der Waals surface area contributed by atoms with Crippen molar-refractivity contribution in [1.82, 2.24) is 4.98 Å². The lowest BCUT2D eigenvalue weighted by atomic mass is 9.98. The van der Waals surface area contributed by atoms with Crippen molar-refractivity contribution >= 4 is 5.69 Å². The molecule has 0 amide bonds. The van der Waals surface area contributed by atoms with E-state index in [1.807, 2.05) is 12.1 Å². The standard InChI is InChI=1S/C19H24FN3O/c20-15-7-2-1-6-14(15)12-16(21)19(24)13-17-18(8-5-9-22-17)23-10-3-4-11-23/h1-2,5-9,16,19,24H,3-4,10-13,21H2/t16-,19+/m1/s1. The number of hydrogen-bond acceptors (Lipinski definition) is 4. The summed E-state index contributed by atoms with van der Waals surface area (Å²) < 4.78 is 13.8. The Morgan fingerprint density at radius 3 is 2.62 bits per heavy atom. The first-order chi connectivity index (χ1) is 11.6. The van der Waals surface area contributed by atoms with Crippen LogP contribution in [-0.2, 0) is 12.8 Å². The number of aromatic nitrogens is 1. The van der Waals surface area contributed by atoms with Gasteiger partial charge >= 0.3 is 0 Å². The van der Waals surface area contributed by atoms with E-state index in [-0.39, 0.29) is 5.82 Å². The van der Waals surface area contributed by atoms with Gasteiger partial charge in [-0.3, -0.25) is 4.98 Å². The first kappa shape index (κ1) is 16.9. The van der Waals surface area contributed by atoms with Crippen molar-refractivity contribution in [3.63, 3.8) is 0 Å². The van der Waals surface area contributed by atoms with Crippen molar-refractivity contribution in [3.05, 3.63) is 59.7 Å². The molecule has 1 aliphatic heterocycles. The SMILES string of the molecule is N[C@H](Cc1ccccc1F)[C@@H](O)Cc1ncccc1N1CCCC1. The van der Waals surface area contributed by atoms with E-state index in [0.29, 0.717) is 18.4 Å². The van der Waals surface area contributed by atoms with Crippen LogP contribution in [-0.4, -0.2) is 35.3 Å². The molecule has 0 bridgehead atoms. The number of nitrogens with two attached hydrogens (primary N) is 1. The van der Waals surface area contributed by atoms with Crippen molar-refractivity contribution in [2.24, 2.45) is 5.73 Å². The molecule has 0 unspecified atom stereocenters. The van der Waals surface area contributed by atoms with Crippen LogP contribution in [0.4, 0.5) is 10.1 Å². The monoisotopic (exact) mass is 329 g/mol. The molecule has 0 spiro atoms. The summed E-state index contributed by atoms with van der Waals surface area (Å²) in [5, 5.41) is 10.5. The zero-order chi connectivity index (χ0) is 16.9. The highest BCUT2D eigenvalue weighted by molar-refractivity contribution is 5.51. The van der Waals surface area contributed by atoms with Crippen LogP contribution in [0.1, 0.15) is 24.1 Å². The Morgan fingerprint density at radius 1 is 1.12 bits per heavy atom. The van der Waals surface area contributed by atoms with E-state index in [1.54, 1.807) is 24.4 Å². The lowest BCUT2D eigenvalue weighted by Crippen LogP contribution is -2.38. The van der Waals surface area contributed by atoms with E-state index < -0.39 is 12.1 Å². The van der Waals surface area contributed by atoms with Crippen LogP contribution in [0, 0.1) is 5.82 Å². The van der Waals surface area contributed by atoms with Gasteiger partial charge in [0.15, 0.2) is 0 Å². The van der Waals surface area contributed by atoms with Crippen molar-refractivity contribution in [1.29, 1.82) is 0 Å². The van der Waals surface area contributed by atoms with Gasteiger partial charge in [-0.05, 0) is 43.0 Å². The number of pyridine rings is 1. The van der Waals surface area contributed by atoms with Crippen LogP contribution in [0.3, 0.4) is 0 Å². The molecule has 3 rings (SSSR count). The zero-order valence-corrected chi connectivity index (χ0v) is 13.7. The molecule has 128 valence electrons. The number of aliphatic hydroxyl groups is 1. The molecule has 5 heteroatoms. The Kier molecular flexibility index (Phi) is 5.43. The summed E-state index contributed by atoms with van der Waals surface area (Å²) in [6.45, 7) is 2.05. The number of nitrogens with zero attached hydrogens (tertiary/aromatic N) is 2. The maximum absolute atomic E-state index is 13.8. The molecule has 2 heterocycles. The Morgan fingerprint density at radius 2 is 1.88 bits per heavy atom.